The van der Waals surface area contributed by atoms with Crippen LogP contribution in [0.3, 0.4) is 0 Å². The smallest absolute Gasteiger partial charge is 0.255 e. The van der Waals surface area contributed by atoms with Crippen molar-refractivity contribution >= 4 is 35.0 Å². The second-order valence-corrected chi connectivity index (χ2v) is 6.15. The average Bonchev–Trinajstić information content (AvgIpc) is 2.54. The van der Waals surface area contributed by atoms with Gasteiger partial charge in [-0.1, -0.05) is 11.6 Å². The first-order valence-corrected chi connectivity index (χ1v) is 7.97. The molecule has 0 radical (unpaired) electrons. The highest BCUT2D eigenvalue weighted by Crippen LogP contribution is 2.22. The Labute approximate surface area is 150 Å². The number of amides is 3. The molecule has 0 aliphatic carbocycles. The highest BCUT2D eigenvalue weighted by molar-refractivity contribution is 6.31. The molecule has 0 heterocycles. The van der Waals surface area contributed by atoms with E-state index in [-0.39, 0.29) is 11.9 Å². The third-order valence-corrected chi connectivity index (χ3v) is 3.56. The number of hydrogen-bond donors (Lipinski definition) is 3. The van der Waals surface area contributed by atoms with Crippen molar-refractivity contribution in [2.24, 2.45) is 5.73 Å². The Kier molecular flexibility index (Phi) is 5.77. The quantitative estimate of drug-likeness (QED) is 0.765. The third-order valence-electron chi connectivity index (χ3n) is 3.33. The summed E-state index contributed by atoms with van der Waals surface area (Å²) in [7, 11) is 0. The number of nitrogens with one attached hydrogen (secondary N) is 2. The van der Waals surface area contributed by atoms with E-state index in [1.54, 1.807) is 12.1 Å². The normalized spacial score (nSPS) is 10.4. The van der Waals surface area contributed by atoms with Gasteiger partial charge in [-0.05, 0) is 56.3 Å². The largest absolute Gasteiger partial charge is 0.366 e. The van der Waals surface area contributed by atoms with Crippen molar-refractivity contribution in [3.63, 3.8) is 0 Å². The zero-order valence-electron chi connectivity index (χ0n) is 13.8. The molecule has 0 saturated carbocycles. The number of benzene rings is 2. The summed E-state index contributed by atoms with van der Waals surface area (Å²) in [5.41, 5.74) is 6.40. The van der Waals surface area contributed by atoms with E-state index >= 15 is 0 Å². The fourth-order valence-electron chi connectivity index (χ4n) is 2.14. The summed E-state index contributed by atoms with van der Waals surface area (Å²) in [6.45, 7) is 3.68. The second-order valence-electron chi connectivity index (χ2n) is 5.71. The molecule has 0 aliphatic rings. The SMILES string of the molecule is CC(C)NC(=O)c1ccc(Cl)cc1NC(=O)c1ccc(C(N)=O)cc1. The summed E-state index contributed by atoms with van der Waals surface area (Å²) in [6, 6.07) is 10.5. The molecule has 2 aromatic carbocycles. The van der Waals surface area contributed by atoms with Crippen LogP contribution in [0.1, 0.15) is 44.9 Å². The molecule has 25 heavy (non-hydrogen) atoms. The Morgan fingerprint density at radius 1 is 0.960 bits per heavy atom. The number of rotatable bonds is 5. The molecule has 6 nitrogen and oxygen atoms in total. The van der Waals surface area contributed by atoms with Gasteiger partial charge < -0.3 is 16.4 Å². The van der Waals surface area contributed by atoms with Crippen LogP contribution >= 0.6 is 11.6 Å². The van der Waals surface area contributed by atoms with E-state index < -0.39 is 11.8 Å². The fraction of sp³-hybridized carbons (Fsp3) is 0.167. The number of nitrogens with two attached hydrogens (primary N) is 1. The van der Waals surface area contributed by atoms with Crippen LogP contribution in [0, 0.1) is 0 Å². The van der Waals surface area contributed by atoms with Gasteiger partial charge in [-0.25, -0.2) is 0 Å². The van der Waals surface area contributed by atoms with Crippen LogP contribution in [0.15, 0.2) is 42.5 Å². The van der Waals surface area contributed by atoms with Crippen LogP contribution in [0.4, 0.5) is 5.69 Å². The van der Waals surface area contributed by atoms with E-state index in [1.165, 1.54) is 30.3 Å². The summed E-state index contributed by atoms with van der Waals surface area (Å²) in [5, 5.41) is 5.83. The molecule has 0 unspecified atom stereocenters. The molecule has 2 rings (SSSR count). The molecule has 0 fully saturated rings. The van der Waals surface area contributed by atoms with Gasteiger partial charge in [-0.2, -0.15) is 0 Å². The van der Waals surface area contributed by atoms with Gasteiger partial charge in [0.1, 0.15) is 0 Å². The van der Waals surface area contributed by atoms with E-state index in [0.717, 1.165) is 0 Å². The highest BCUT2D eigenvalue weighted by Gasteiger charge is 2.16. The molecule has 3 amide bonds. The summed E-state index contributed by atoms with van der Waals surface area (Å²) in [6.07, 6.45) is 0. The number of carbonyl (C=O) groups excluding carboxylic acids is 3. The predicted molar refractivity (Wildman–Crippen MR) is 97.0 cm³/mol. The molecule has 130 valence electrons. The number of halogens is 1. The van der Waals surface area contributed by atoms with Crippen LogP contribution in [0.5, 0.6) is 0 Å². The van der Waals surface area contributed by atoms with Crippen LogP contribution in [0.2, 0.25) is 5.02 Å². The lowest BCUT2D eigenvalue weighted by Gasteiger charge is -2.14. The molecular formula is C18H18ClN3O3. The first-order chi connectivity index (χ1) is 11.8. The number of hydrogen-bond acceptors (Lipinski definition) is 3. The van der Waals surface area contributed by atoms with Crippen LogP contribution in [-0.2, 0) is 0 Å². The minimum atomic E-state index is -0.575. The van der Waals surface area contributed by atoms with E-state index in [1.807, 2.05) is 13.8 Å². The van der Waals surface area contributed by atoms with Gasteiger partial charge in [0.25, 0.3) is 11.8 Å². The zero-order valence-corrected chi connectivity index (χ0v) is 14.6. The monoisotopic (exact) mass is 359 g/mol. The topological polar surface area (TPSA) is 101 Å². The van der Waals surface area contributed by atoms with Gasteiger partial charge in [0, 0.05) is 22.2 Å². The number of primary amides is 1. The van der Waals surface area contributed by atoms with Crippen molar-refractivity contribution in [3.05, 3.63) is 64.2 Å². The van der Waals surface area contributed by atoms with Crippen LogP contribution in [-0.4, -0.2) is 23.8 Å². The van der Waals surface area contributed by atoms with Crippen molar-refractivity contribution in [2.75, 3.05) is 5.32 Å². The molecule has 0 bridgehead atoms. The molecule has 0 saturated heterocycles. The zero-order chi connectivity index (χ0) is 18.6. The van der Waals surface area contributed by atoms with Crippen LogP contribution < -0.4 is 16.4 Å². The number of anilines is 1. The molecular weight excluding hydrogens is 342 g/mol. The van der Waals surface area contributed by atoms with Gasteiger partial charge in [-0.15, -0.1) is 0 Å². The summed E-state index contributed by atoms with van der Waals surface area (Å²) in [4.78, 5) is 35.8. The molecule has 0 aromatic heterocycles. The van der Waals surface area contributed by atoms with Crippen molar-refractivity contribution in [3.8, 4) is 0 Å². The molecule has 0 spiro atoms. The van der Waals surface area contributed by atoms with E-state index in [0.29, 0.717) is 27.4 Å². The lowest BCUT2D eigenvalue weighted by Crippen LogP contribution is -2.31. The standard InChI is InChI=1S/C18H18ClN3O3/c1-10(2)21-18(25)14-8-7-13(19)9-15(14)22-17(24)12-5-3-11(4-6-12)16(20)23/h3-10H,1-2H3,(H2,20,23)(H,21,25)(H,22,24). The Morgan fingerprint density at radius 2 is 1.56 bits per heavy atom. The van der Waals surface area contributed by atoms with Crippen molar-refractivity contribution in [2.45, 2.75) is 19.9 Å². The van der Waals surface area contributed by atoms with Gasteiger partial charge in [0.2, 0.25) is 5.91 Å². The minimum Gasteiger partial charge on any atom is -0.366 e. The summed E-state index contributed by atoms with van der Waals surface area (Å²) >= 11 is 5.98. The Morgan fingerprint density at radius 3 is 2.12 bits per heavy atom. The summed E-state index contributed by atoms with van der Waals surface area (Å²) in [5.74, 6) is -1.32. The van der Waals surface area contributed by atoms with Crippen LogP contribution in [0.25, 0.3) is 0 Å². The fourth-order valence-corrected chi connectivity index (χ4v) is 2.31. The van der Waals surface area contributed by atoms with Gasteiger partial charge in [0.05, 0.1) is 11.3 Å². The first kappa shape index (κ1) is 18.5. The maximum atomic E-state index is 12.4. The highest BCUT2D eigenvalue weighted by atomic mass is 35.5. The van der Waals surface area contributed by atoms with Crippen molar-refractivity contribution in [1.29, 1.82) is 0 Å². The minimum absolute atomic E-state index is 0.0481. The lowest BCUT2D eigenvalue weighted by molar-refractivity contribution is 0.0942. The number of carbonyl (C=O) groups is 3. The predicted octanol–water partition coefficient (Wildman–Crippen LogP) is 2.83. The van der Waals surface area contributed by atoms with Gasteiger partial charge in [0.15, 0.2) is 0 Å². The first-order valence-electron chi connectivity index (χ1n) is 7.59. The Balaban J connectivity index is 2.26. The maximum Gasteiger partial charge on any atom is 0.255 e. The van der Waals surface area contributed by atoms with Crippen molar-refractivity contribution in [1.82, 2.24) is 5.32 Å². The summed E-state index contributed by atoms with van der Waals surface area (Å²) < 4.78 is 0. The van der Waals surface area contributed by atoms with E-state index in [2.05, 4.69) is 10.6 Å². The molecule has 4 N–H and O–H groups in total. The third kappa shape index (κ3) is 4.81. The lowest BCUT2D eigenvalue weighted by atomic mass is 10.1. The van der Waals surface area contributed by atoms with Gasteiger partial charge >= 0.3 is 0 Å². The molecule has 0 aliphatic heterocycles. The van der Waals surface area contributed by atoms with E-state index in [4.69, 9.17) is 17.3 Å². The van der Waals surface area contributed by atoms with Crippen molar-refractivity contribution < 1.29 is 14.4 Å². The second kappa shape index (κ2) is 7.81. The van der Waals surface area contributed by atoms with Gasteiger partial charge in [-0.3, -0.25) is 14.4 Å². The molecule has 0 atom stereocenters. The molecule has 2 aromatic rings. The molecule has 7 heteroatoms. The average molecular weight is 360 g/mol. The van der Waals surface area contributed by atoms with E-state index in [9.17, 15) is 14.4 Å². The Bertz CT molecular complexity index is 817. The maximum absolute atomic E-state index is 12.4. The Hall–Kier alpha value is -2.86.